The highest BCUT2D eigenvalue weighted by atomic mass is 32.1. The summed E-state index contributed by atoms with van der Waals surface area (Å²) in [6, 6.07) is 0. The van der Waals surface area contributed by atoms with Crippen LogP contribution in [0.25, 0.3) is 0 Å². The van der Waals surface area contributed by atoms with E-state index in [2.05, 4.69) is 0 Å². The van der Waals surface area contributed by atoms with Crippen molar-refractivity contribution in [3.63, 3.8) is 0 Å². The van der Waals surface area contributed by atoms with Crippen LogP contribution in [0.4, 0.5) is 0 Å². The highest BCUT2D eigenvalue weighted by molar-refractivity contribution is 7.37. The molecule has 0 unspecified atom stereocenters. The molecular weight excluding hydrogens is 188 g/mol. The molecule has 0 aromatic heterocycles. The van der Waals surface area contributed by atoms with Crippen molar-refractivity contribution in [2.24, 2.45) is 0 Å². The predicted molar refractivity (Wildman–Crippen MR) is 47.0 cm³/mol. The van der Waals surface area contributed by atoms with Crippen LogP contribution in [0.15, 0.2) is 0 Å². The Labute approximate surface area is 78.5 Å². The van der Waals surface area contributed by atoms with Gasteiger partial charge in [-0.25, -0.2) is 0 Å². The Morgan fingerprint density at radius 2 is 1.18 bits per heavy atom. The first-order valence-corrected chi connectivity index (χ1v) is 2.52. The van der Waals surface area contributed by atoms with E-state index in [-0.39, 0.29) is 46.3 Å². The van der Waals surface area contributed by atoms with Crippen LogP contribution in [0.2, 0.25) is 0 Å². The standard InChI is InChI=1S/C5H8O4.2H2S/c6-4(7)2-1-3-5(8)9;;/h1-3H2,(H,6,7)(H,8,9);2*1H2. The van der Waals surface area contributed by atoms with Gasteiger partial charge in [0, 0.05) is 11.9 Å². The van der Waals surface area contributed by atoms with Gasteiger partial charge in [-0.3, -0.25) is 0 Å². The van der Waals surface area contributed by atoms with E-state index in [1.165, 1.54) is 0 Å². The van der Waals surface area contributed by atoms with Gasteiger partial charge >= 0.3 is 0 Å². The molecule has 0 saturated carbocycles. The zero-order chi connectivity index (χ0) is 7.28. The Bertz CT molecular complexity index is 112. The number of carboxylic acids is 2. The number of hydrogen-bond acceptors (Lipinski definition) is 4. The molecule has 0 aliphatic rings. The molecule has 0 aliphatic carbocycles. The molecule has 68 valence electrons. The quantitative estimate of drug-likeness (QED) is 0.434. The third-order valence-corrected chi connectivity index (χ3v) is 0.762. The topological polar surface area (TPSA) is 80.3 Å². The SMILES string of the molecule is O=C([O-])CCCC(=O)[O-].[SH3+].[SH3+]. The van der Waals surface area contributed by atoms with Crippen LogP contribution in [0, 0.1) is 0 Å². The van der Waals surface area contributed by atoms with Crippen molar-refractivity contribution < 1.29 is 19.8 Å². The van der Waals surface area contributed by atoms with Crippen molar-refractivity contribution in [1.29, 1.82) is 0 Å². The number of carbonyl (C=O) groups is 2. The van der Waals surface area contributed by atoms with Gasteiger partial charge in [-0.05, 0) is 19.3 Å². The monoisotopic (exact) mass is 200 g/mol. The molecule has 0 aliphatic heterocycles. The second-order valence-corrected chi connectivity index (χ2v) is 1.60. The molecule has 4 nitrogen and oxygen atoms in total. The zero-order valence-electron chi connectivity index (χ0n) is 5.91. The third-order valence-electron chi connectivity index (χ3n) is 0.762. The maximum Gasteiger partial charge on any atom is 0.0414 e. The molecule has 0 bridgehead atoms. The van der Waals surface area contributed by atoms with Crippen molar-refractivity contribution in [3.05, 3.63) is 0 Å². The Kier molecular flexibility index (Phi) is 14.8. The number of carbonyl (C=O) groups excluding carboxylic acids is 2. The average Bonchev–Trinajstić information content (AvgIpc) is 1.63. The molecular formula is C5H12O4S2. The Morgan fingerprint density at radius 1 is 0.909 bits per heavy atom. The van der Waals surface area contributed by atoms with Crippen LogP contribution in [0.1, 0.15) is 19.3 Å². The molecule has 0 atom stereocenters. The molecule has 6 heteroatoms. The van der Waals surface area contributed by atoms with E-state index in [9.17, 15) is 19.8 Å². The Morgan fingerprint density at radius 3 is 1.36 bits per heavy atom. The summed E-state index contributed by atoms with van der Waals surface area (Å²) in [4.78, 5) is 19.3. The molecule has 0 rings (SSSR count). The lowest BCUT2D eigenvalue weighted by molar-refractivity contribution is -0.307. The van der Waals surface area contributed by atoms with Crippen LogP contribution in [-0.2, 0) is 36.6 Å². The van der Waals surface area contributed by atoms with Gasteiger partial charge in [-0.15, -0.1) is 0 Å². The molecule has 0 N–H and O–H groups in total. The summed E-state index contributed by atoms with van der Waals surface area (Å²) >= 11 is 0. The Balaban J connectivity index is -0.000000320. The molecule has 0 heterocycles. The van der Waals surface area contributed by atoms with Crippen LogP contribution >= 0.6 is 0 Å². The number of rotatable bonds is 4. The van der Waals surface area contributed by atoms with E-state index >= 15 is 0 Å². The van der Waals surface area contributed by atoms with Gasteiger partial charge in [0.2, 0.25) is 0 Å². The van der Waals surface area contributed by atoms with Gasteiger partial charge in [0.1, 0.15) is 0 Å². The number of carboxylic acid groups (broad SMARTS) is 2. The first kappa shape index (κ1) is 16.9. The fourth-order valence-corrected chi connectivity index (χ4v) is 0.377. The smallest absolute Gasteiger partial charge is 0.0414 e. The fourth-order valence-electron chi connectivity index (χ4n) is 0.377. The van der Waals surface area contributed by atoms with E-state index in [0.717, 1.165) is 0 Å². The molecule has 0 aromatic carbocycles. The minimum absolute atomic E-state index is 0. The van der Waals surface area contributed by atoms with Gasteiger partial charge < -0.3 is 19.8 Å². The second-order valence-electron chi connectivity index (χ2n) is 1.60. The van der Waals surface area contributed by atoms with E-state index in [1.807, 2.05) is 0 Å². The van der Waals surface area contributed by atoms with Crippen molar-refractivity contribution in [1.82, 2.24) is 0 Å². The maximum atomic E-state index is 9.66. The van der Waals surface area contributed by atoms with Gasteiger partial charge in [0.05, 0.1) is 0 Å². The molecule has 0 radical (unpaired) electrons. The maximum absolute atomic E-state index is 9.66. The van der Waals surface area contributed by atoms with Crippen molar-refractivity contribution in [2.75, 3.05) is 0 Å². The predicted octanol–water partition coefficient (Wildman–Crippen LogP) is -3.95. The minimum Gasteiger partial charge on any atom is -0.550 e. The third kappa shape index (κ3) is 17.7. The van der Waals surface area contributed by atoms with E-state index in [1.54, 1.807) is 0 Å². The van der Waals surface area contributed by atoms with Crippen LogP contribution in [0.5, 0.6) is 0 Å². The van der Waals surface area contributed by atoms with Crippen LogP contribution in [0.3, 0.4) is 0 Å². The highest BCUT2D eigenvalue weighted by Gasteiger charge is 1.87. The molecule has 0 spiro atoms. The second kappa shape index (κ2) is 9.64. The molecule has 0 saturated heterocycles. The van der Waals surface area contributed by atoms with Crippen molar-refractivity contribution >= 4 is 38.9 Å². The molecule has 0 fully saturated rings. The summed E-state index contributed by atoms with van der Waals surface area (Å²) in [6.07, 6.45) is -0.341. The van der Waals surface area contributed by atoms with E-state index in [0.29, 0.717) is 0 Å². The normalized spacial score (nSPS) is 7.27. The lowest BCUT2D eigenvalue weighted by Crippen LogP contribution is -2.25. The first-order chi connectivity index (χ1) is 4.13. The summed E-state index contributed by atoms with van der Waals surface area (Å²) in [5, 5.41) is 19.3. The number of aliphatic carboxylic acids is 2. The van der Waals surface area contributed by atoms with Crippen LogP contribution < -0.4 is 10.2 Å². The summed E-state index contributed by atoms with van der Waals surface area (Å²) in [6.45, 7) is 0. The van der Waals surface area contributed by atoms with Crippen LogP contribution in [-0.4, -0.2) is 11.9 Å². The molecule has 0 aromatic rings. The molecule has 11 heavy (non-hydrogen) atoms. The van der Waals surface area contributed by atoms with Crippen molar-refractivity contribution in [3.8, 4) is 0 Å². The Hall–Kier alpha value is -0.360. The first-order valence-electron chi connectivity index (χ1n) is 2.52. The summed E-state index contributed by atoms with van der Waals surface area (Å²) < 4.78 is 0. The van der Waals surface area contributed by atoms with E-state index < -0.39 is 11.9 Å². The van der Waals surface area contributed by atoms with Gasteiger partial charge in [0.15, 0.2) is 0 Å². The fraction of sp³-hybridized carbons (Fsp3) is 0.600. The zero-order valence-corrected chi connectivity index (χ0v) is 8.22. The van der Waals surface area contributed by atoms with Crippen molar-refractivity contribution in [2.45, 2.75) is 19.3 Å². The van der Waals surface area contributed by atoms with Gasteiger partial charge in [-0.1, -0.05) is 27.0 Å². The lowest BCUT2D eigenvalue weighted by atomic mass is 10.2. The molecule has 0 amide bonds. The largest absolute Gasteiger partial charge is 0.550 e. The average molecular weight is 200 g/mol. The lowest BCUT2D eigenvalue weighted by Gasteiger charge is -2.01. The summed E-state index contributed by atoms with van der Waals surface area (Å²) in [7, 11) is 0. The van der Waals surface area contributed by atoms with Gasteiger partial charge in [-0.2, -0.15) is 0 Å². The minimum atomic E-state index is -1.23. The van der Waals surface area contributed by atoms with Gasteiger partial charge in [0.25, 0.3) is 0 Å². The number of hydrogen-bond donors (Lipinski definition) is 0. The summed E-state index contributed by atoms with van der Waals surface area (Å²) in [5.74, 6) is -2.45. The summed E-state index contributed by atoms with van der Waals surface area (Å²) in [5.41, 5.74) is 0. The highest BCUT2D eigenvalue weighted by Crippen LogP contribution is 1.90. The van der Waals surface area contributed by atoms with E-state index in [4.69, 9.17) is 0 Å².